The third-order valence-electron chi connectivity index (χ3n) is 13.0. The lowest BCUT2D eigenvalue weighted by Gasteiger charge is -2.26. The maximum absolute atomic E-state index is 6.95. The lowest BCUT2D eigenvalue weighted by molar-refractivity contribution is 0.479. The Bertz CT molecular complexity index is 3230. The highest BCUT2D eigenvalue weighted by molar-refractivity contribution is 6.09. The first-order valence-corrected chi connectivity index (χ1v) is 22.9. The van der Waals surface area contributed by atoms with E-state index >= 15 is 0 Å². The number of hydrogen-bond donors (Lipinski definition) is 0. The number of pyridine rings is 1. The molecule has 0 saturated carbocycles. The van der Waals surface area contributed by atoms with Gasteiger partial charge in [-0.1, -0.05) is 153 Å². The minimum absolute atomic E-state index is 0.0110. The van der Waals surface area contributed by atoms with Crippen molar-refractivity contribution in [3.05, 3.63) is 193 Å². The van der Waals surface area contributed by atoms with Crippen LogP contribution in [0, 0.1) is 0 Å². The summed E-state index contributed by atoms with van der Waals surface area (Å²) in [5.74, 6) is 2.47. The number of nitrogens with zero attached hydrogens (tertiary/aromatic N) is 4. The third-order valence-corrected chi connectivity index (χ3v) is 13.0. The predicted octanol–water partition coefficient (Wildman–Crippen LogP) is 16.4. The summed E-state index contributed by atoms with van der Waals surface area (Å²) in [7, 11) is 0. The fourth-order valence-electron chi connectivity index (χ4n) is 9.25. The van der Waals surface area contributed by atoms with Gasteiger partial charge in [-0.15, -0.1) is 0 Å². The zero-order valence-corrected chi connectivity index (χ0v) is 39.1. The maximum Gasteiger partial charge on any atom is 0.137 e. The summed E-state index contributed by atoms with van der Waals surface area (Å²) in [5, 5.41) is 2.35. The Morgan fingerprint density at radius 3 is 1.82 bits per heavy atom. The second kappa shape index (κ2) is 15.8. The number of para-hydroxylation sites is 3. The van der Waals surface area contributed by atoms with Gasteiger partial charge in [0.15, 0.2) is 0 Å². The van der Waals surface area contributed by atoms with Crippen LogP contribution in [0.5, 0.6) is 11.5 Å². The number of fused-ring (bicyclic) bond motifs is 4. The zero-order chi connectivity index (χ0) is 45.3. The largest absolute Gasteiger partial charge is 0.457 e. The molecule has 7 aromatic carbocycles. The second-order valence-electron chi connectivity index (χ2n) is 20.7. The third kappa shape index (κ3) is 7.94. The minimum atomic E-state index is -0.125. The first-order chi connectivity index (χ1) is 31.1. The molecule has 0 atom stereocenters. The van der Waals surface area contributed by atoms with E-state index in [-0.39, 0.29) is 16.2 Å². The summed E-state index contributed by atoms with van der Waals surface area (Å²) in [4.78, 5) is 9.77. The van der Waals surface area contributed by atoms with E-state index < -0.39 is 0 Å². The normalized spacial score (nSPS) is 13.2. The molecule has 0 aliphatic carbocycles. The lowest BCUT2D eigenvalue weighted by Crippen LogP contribution is -2.24. The average molecular weight is 851 g/mol. The molecule has 0 fully saturated rings. The van der Waals surface area contributed by atoms with Crippen LogP contribution in [0.15, 0.2) is 176 Å². The molecule has 2 aromatic heterocycles. The highest BCUT2D eigenvalue weighted by Crippen LogP contribution is 2.47. The van der Waals surface area contributed by atoms with Gasteiger partial charge in [0.2, 0.25) is 0 Å². The van der Waals surface area contributed by atoms with Crippen LogP contribution in [0.4, 0.5) is 22.7 Å². The van der Waals surface area contributed by atoms with Crippen molar-refractivity contribution in [2.24, 2.45) is 0 Å². The van der Waals surface area contributed by atoms with E-state index in [4.69, 9.17) is 9.72 Å². The average Bonchev–Trinajstić information content (AvgIpc) is 3.84. The van der Waals surface area contributed by atoms with E-state index in [1.54, 1.807) is 0 Å². The summed E-state index contributed by atoms with van der Waals surface area (Å²) < 4.78 is 9.23. The van der Waals surface area contributed by atoms with Crippen LogP contribution in [-0.4, -0.2) is 16.2 Å². The molecule has 0 bridgehead atoms. The Balaban J connectivity index is 1.03. The molecule has 5 nitrogen and oxygen atoms in total. The van der Waals surface area contributed by atoms with Crippen molar-refractivity contribution in [2.45, 2.75) is 78.6 Å². The van der Waals surface area contributed by atoms with Crippen molar-refractivity contribution in [3.63, 3.8) is 0 Å². The first kappa shape index (κ1) is 41.9. The molecule has 5 heteroatoms. The van der Waals surface area contributed by atoms with Crippen molar-refractivity contribution in [3.8, 4) is 39.6 Å². The van der Waals surface area contributed by atoms with E-state index in [0.29, 0.717) is 6.67 Å². The number of hydrogen-bond acceptors (Lipinski definition) is 4. The van der Waals surface area contributed by atoms with E-state index in [1.807, 2.05) is 6.20 Å². The van der Waals surface area contributed by atoms with E-state index in [9.17, 15) is 0 Å². The number of anilines is 4. The van der Waals surface area contributed by atoms with E-state index in [1.165, 1.54) is 50.0 Å². The molecular formula is C60H58N4O. The molecule has 0 spiro atoms. The van der Waals surface area contributed by atoms with Gasteiger partial charge in [0.1, 0.15) is 24.0 Å². The van der Waals surface area contributed by atoms with Crippen LogP contribution in [-0.2, 0) is 16.2 Å². The van der Waals surface area contributed by atoms with Crippen LogP contribution in [0.3, 0.4) is 0 Å². The topological polar surface area (TPSA) is 33.5 Å². The molecule has 10 rings (SSSR count). The molecule has 3 heterocycles. The standard InChI is InChI=1S/C60H58N4O/c1-58(2,3)42-26-28-49(52(35-42)40-18-11-10-12-19-40)41-20-17-21-45(32-41)62-39-63(55-25-16-15-24-54(55)62)46-33-44(60(7,8)9)34-48(37-46)65-47-27-29-51-50-22-13-14-23-53(50)64(56(51)38-47)57-36-43(30-31-61-57)59(4,5)6/h10-38H,39H2,1-9H3. The van der Waals surface area contributed by atoms with Gasteiger partial charge >= 0.3 is 0 Å². The molecule has 0 amide bonds. The summed E-state index contributed by atoms with van der Waals surface area (Å²) in [5.41, 5.74) is 15.3. The van der Waals surface area contributed by atoms with Gasteiger partial charge in [-0.3, -0.25) is 4.57 Å². The lowest BCUT2D eigenvalue weighted by atomic mass is 9.83. The van der Waals surface area contributed by atoms with Crippen LogP contribution < -0.4 is 14.5 Å². The van der Waals surface area contributed by atoms with Crippen LogP contribution in [0.2, 0.25) is 0 Å². The molecule has 0 N–H and O–H groups in total. The zero-order valence-electron chi connectivity index (χ0n) is 39.1. The number of ether oxygens (including phenoxy) is 1. The van der Waals surface area contributed by atoms with Crippen LogP contribution >= 0.6 is 0 Å². The summed E-state index contributed by atoms with van der Waals surface area (Å²) in [6, 6.07) is 61.7. The predicted molar refractivity (Wildman–Crippen MR) is 274 cm³/mol. The second-order valence-corrected chi connectivity index (χ2v) is 20.7. The maximum atomic E-state index is 6.95. The van der Waals surface area contributed by atoms with Crippen molar-refractivity contribution in [2.75, 3.05) is 16.5 Å². The van der Waals surface area contributed by atoms with Gasteiger partial charge < -0.3 is 14.5 Å². The molecule has 0 saturated heterocycles. The number of aromatic nitrogens is 2. The van der Waals surface area contributed by atoms with Gasteiger partial charge in [0.05, 0.1) is 22.4 Å². The van der Waals surface area contributed by atoms with E-state index in [2.05, 4.69) is 247 Å². The number of benzene rings is 7. The Morgan fingerprint density at radius 2 is 1.08 bits per heavy atom. The van der Waals surface area contributed by atoms with E-state index in [0.717, 1.165) is 50.8 Å². The molecule has 65 heavy (non-hydrogen) atoms. The molecule has 0 radical (unpaired) electrons. The van der Waals surface area contributed by atoms with Gasteiger partial charge in [0, 0.05) is 40.5 Å². The SMILES string of the molecule is CC(C)(C)c1cc(Oc2ccc3c4ccccc4n(-c4cc(C(C)(C)C)ccn4)c3c2)cc(N2CN(c3cccc(-c4ccc(C(C)(C)C)cc4-c4ccccc4)c3)c3ccccc32)c1. The smallest absolute Gasteiger partial charge is 0.137 e. The number of rotatable bonds is 7. The molecular weight excluding hydrogens is 793 g/mol. The molecule has 1 aliphatic rings. The van der Waals surface area contributed by atoms with Crippen molar-refractivity contribution >= 4 is 44.6 Å². The Morgan fingerprint density at radius 1 is 0.431 bits per heavy atom. The van der Waals surface area contributed by atoms with Gasteiger partial charge in [0.25, 0.3) is 0 Å². The Hall–Kier alpha value is -7.11. The molecule has 9 aromatic rings. The van der Waals surface area contributed by atoms with Crippen molar-refractivity contribution in [1.82, 2.24) is 9.55 Å². The fourth-order valence-corrected chi connectivity index (χ4v) is 9.25. The Kier molecular flexibility index (Phi) is 10.2. The summed E-state index contributed by atoms with van der Waals surface area (Å²) >= 11 is 0. The van der Waals surface area contributed by atoms with Crippen LogP contribution in [0.1, 0.15) is 79.0 Å². The fraction of sp³-hybridized carbons (Fsp3) is 0.217. The highest BCUT2D eigenvalue weighted by atomic mass is 16.5. The summed E-state index contributed by atoms with van der Waals surface area (Å²) in [6.45, 7) is 21.0. The highest BCUT2D eigenvalue weighted by Gasteiger charge is 2.30. The Labute approximate surface area is 384 Å². The van der Waals surface area contributed by atoms with Crippen LogP contribution in [0.25, 0.3) is 49.9 Å². The first-order valence-electron chi connectivity index (χ1n) is 22.9. The van der Waals surface area contributed by atoms with Crippen molar-refractivity contribution in [1.29, 1.82) is 0 Å². The van der Waals surface area contributed by atoms with Gasteiger partial charge in [-0.05, 0) is 122 Å². The molecule has 0 unspecified atom stereocenters. The van der Waals surface area contributed by atoms with Crippen molar-refractivity contribution < 1.29 is 4.74 Å². The quantitative estimate of drug-likeness (QED) is 0.160. The molecule has 324 valence electrons. The monoisotopic (exact) mass is 850 g/mol. The van der Waals surface area contributed by atoms with Gasteiger partial charge in [-0.2, -0.15) is 0 Å². The molecule has 1 aliphatic heterocycles. The minimum Gasteiger partial charge on any atom is -0.457 e. The van der Waals surface area contributed by atoms with Gasteiger partial charge in [-0.25, -0.2) is 4.98 Å². The summed E-state index contributed by atoms with van der Waals surface area (Å²) in [6.07, 6.45) is 1.93.